The lowest BCUT2D eigenvalue weighted by Gasteiger charge is -2.14. The number of nitrogens with zero attached hydrogens (tertiary/aromatic N) is 4. The van der Waals surface area contributed by atoms with Gasteiger partial charge in [0.2, 0.25) is 27.5 Å². The average molecular weight is 387 g/mol. The first-order valence-electron chi connectivity index (χ1n) is 8.06. The van der Waals surface area contributed by atoms with Gasteiger partial charge in [-0.2, -0.15) is 4.98 Å². The number of hydrogen-bond acceptors (Lipinski definition) is 7. The molecule has 2 aromatic heterocycles. The zero-order valence-corrected chi connectivity index (χ0v) is 15.6. The summed E-state index contributed by atoms with van der Waals surface area (Å²) in [5, 5.41) is 10.2. The molecule has 3 heterocycles. The van der Waals surface area contributed by atoms with E-state index < -0.39 is 15.4 Å². The number of rotatable bonds is 4. The fourth-order valence-electron chi connectivity index (χ4n) is 2.92. The van der Waals surface area contributed by atoms with Gasteiger partial charge < -0.3 is 10.6 Å². The highest BCUT2D eigenvalue weighted by Crippen LogP contribution is 2.38. The van der Waals surface area contributed by atoms with Crippen LogP contribution in [-0.4, -0.2) is 40.2 Å². The van der Waals surface area contributed by atoms with Gasteiger partial charge in [-0.1, -0.05) is 6.07 Å². The van der Waals surface area contributed by atoms with Gasteiger partial charge in [0.15, 0.2) is 5.82 Å². The molecular formula is C16H17N7O3S. The maximum absolute atomic E-state index is 12.1. The average Bonchev–Trinajstić information content (AvgIpc) is 3.05. The van der Waals surface area contributed by atoms with E-state index in [4.69, 9.17) is 0 Å². The molecule has 4 rings (SSSR count). The number of carbonyl (C=O) groups is 1. The van der Waals surface area contributed by atoms with Crippen LogP contribution in [0.25, 0.3) is 5.65 Å². The molecule has 0 spiro atoms. The largest absolute Gasteiger partial charge is 0.325 e. The number of benzene rings is 1. The quantitative estimate of drug-likeness (QED) is 0.618. The molecule has 0 fully saturated rings. The van der Waals surface area contributed by atoms with E-state index in [0.717, 1.165) is 17.5 Å². The third-order valence-corrected chi connectivity index (χ3v) is 4.87. The van der Waals surface area contributed by atoms with Crippen molar-refractivity contribution in [3.05, 3.63) is 36.2 Å². The van der Waals surface area contributed by atoms with E-state index in [0.29, 0.717) is 5.69 Å². The van der Waals surface area contributed by atoms with Crippen molar-refractivity contribution in [1.82, 2.24) is 19.6 Å². The summed E-state index contributed by atoms with van der Waals surface area (Å²) in [6.07, 6.45) is 4.02. The van der Waals surface area contributed by atoms with Crippen LogP contribution in [0.3, 0.4) is 0 Å². The van der Waals surface area contributed by atoms with E-state index in [2.05, 4.69) is 30.4 Å². The standard InChI is InChI=1S/C16H17N7O3S/c1-16(2)10-5-4-9(8-11(10)19-14(16)24)18-15-20-13-12(22-27(3,25)26)17-6-7-23(13)21-15/h4-8H,1-3H3,(H,17,22)(H,18,21)(H,19,24). The van der Waals surface area contributed by atoms with Gasteiger partial charge in [0, 0.05) is 23.8 Å². The summed E-state index contributed by atoms with van der Waals surface area (Å²) in [5.74, 6) is 0.301. The fraction of sp³-hybridized carbons (Fsp3) is 0.250. The Morgan fingerprint density at radius 2 is 2.04 bits per heavy atom. The van der Waals surface area contributed by atoms with E-state index in [1.54, 1.807) is 6.20 Å². The summed E-state index contributed by atoms with van der Waals surface area (Å²) in [4.78, 5) is 20.4. The predicted molar refractivity (Wildman–Crippen MR) is 101 cm³/mol. The van der Waals surface area contributed by atoms with Crippen molar-refractivity contribution in [3.63, 3.8) is 0 Å². The molecule has 1 aliphatic rings. The molecule has 140 valence electrons. The second kappa shape index (κ2) is 5.64. The molecule has 0 atom stereocenters. The summed E-state index contributed by atoms with van der Waals surface area (Å²) in [5.41, 5.74) is 2.03. The number of hydrogen-bond donors (Lipinski definition) is 3. The van der Waals surface area contributed by atoms with E-state index in [9.17, 15) is 13.2 Å². The minimum absolute atomic E-state index is 0.0527. The van der Waals surface area contributed by atoms with E-state index in [-0.39, 0.29) is 23.3 Å². The Labute approximate surface area is 155 Å². The number of anilines is 4. The molecule has 10 nitrogen and oxygen atoms in total. The monoisotopic (exact) mass is 387 g/mol. The Morgan fingerprint density at radius 1 is 1.26 bits per heavy atom. The van der Waals surface area contributed by atoms with Crippen molar-refractivity contribution < 1.29 is 13.2 Å². The van der Waals surface area contributed by atoms with Crippen LogP contribution in [0.5, 0.6) is 0 Å². The highest BCUT2D eigenvalue weighted by molar-refractivity contribution is 7.92. The maximum atomic E-state index is 12.1. The number of nitrogens with one attached hydrogen (secondary N) is 3. The second-order valence-corrected chi connectivity index (χ2v) is 8.57. The number of sulfonamides is 1. The van der Waals surface area contributed by atoms with Gasteiger partial charge in [-0.25, -0.2) is 17.9 Å². The highest BCUT2D eigenvalue weighted by Gasteiger charge is 2.38. The molecule has 11 heteroatoms. The van der Waals surface area contributed by atoms with Crippen LogP contribution in [0.1, 0.15) is 19.4 Å². The summed E-state index contributed by atoms with van der Waals surface area (Å²) in [6.45, 7) is 3.74. The van der Waals surface area contributed by atoms with Crippen molar-refractivity contribution in [3.8, 4) is 0 Å². The molecule has 0 unspecified atom stereocenters. The van der Waals surface area contributed by atoms with Crippen molar-refractivity contribution in [2.75, 3.05) is 21.6 Å². The third kappa shape index (κ3) is 3.05. The minimum atomic E-state index is -3.50. The summed E-state index contributed by atoms with van der Waals surface area (Å²) >= 11 is 0. The van der Waals surface area contributed by atoms with Crippen LogP contribution in [0.2, 0.25) is 0 Å². The zero-order valence-electron chi connectivity index (χ0n) is 14.8. The van der Waals surface area contributed by atoms with E-state index in [1.165, 1.54) is 10.7 Å². The number of amides is 1. The van der Waals surface area contributed by atoms with Crippen molar-refractivity contribution in [1.29, 1.82) is 0 Å². The van der Waals surface area contributed by atoms with Crippen LogP contribution in [0.15, 0.2) is 30.6 Å². The SMILES string of the molecule is CC1(C)C(=O)Nc2cc(Nc3nc4c(NS(C)(=O)=O)nccn4n3)ccc21. The molecule has 1 aromatic carbocycles. The van der Waals surface area contributed by atoms with Crippen LogP contribution < -0.4 is 15.4 Å². The second-order valence-electron chi connectivity index (χ2n) is 6.82. The van der Waals surface area contributed by atoms with Crippen molar-refractivity contribution in [2.45, 2.75) is 19.3 Å². The Bertz CT molecular complexity index is 1180. The Kier molecular flexibility index (Phi) is 3.60. The molecule has 0 aliphatic carbocycles. The van der Waals surface area contributed by atoms with Crippen LogP contribution in [0, 0.1) is 0 Å². The van der Waals surface area contributed by atoms with Gasteiger partial charge in [0.05, 0.1) is 11.7 Å². The number of fused-ring (bicyclic) bond motifs is 2. The molecule has 3 N–H and O–H groups in total. The lowest BCUT2D eigenvalue weighted by molar-refractivity contribution is -0.119. The number of aromatic nitrogens is 4. The molecule has 1 amide bonds. The first kappa shape index (κ1) is 17.2. The minimum Gasteiger partial charge on any atom is -0.325 e. The van der Waals surface area contributed by atoms with E-state index in [1.807, 2.05) is 32.0 Å². The molecule has 0 saturated heterocycles. The van der Waals surface area contributed by atoms with Gasteiger partial charge in [0.1, 0.15) is 0 Å². The van der Waals surface area contributed by atoms with Gasteiger partial charge >= 0.3 is 0 Å². The smallest absolute Gasteiger partial charge is 0.247 e. The normalized spacial score (nSPS) is 15.4. The van der Waals surface area contributed by atoms with Gasteiger partial charge in [-0.3, -0.25) is 9.52 Å². The summed E-state index contributed by atoms with van der Waals surface area (Å²) < 4.78 is 26.7. The third-order valence-electron chi connectivity index (χ3n) is 4.30. The fourth-order valence-corrected chi connectivity index (χ4v) is 3.41. The number of carbonyl (C=O) groups excluding carboxylic acids is 1. The first-order valence-corrected chi connectivity index (χ1v) is 9.95. The Balaban J connectivity index is 1.66. The molecular weight excluding hydrogens is 370 g/mol. The summed E-state index contributed by atoms with van der Waals surface area (Å²) in [7, 11) is -3.50. The van der Waals surface area contributed by atoms with Crippen molar-refractivity contribution in [2.24, 2.45) is 0 Å². The van der Waals surface area contributed by atoms with E-state index >= 15 is 0 Å². The highest BCUT2D eigenvalue weighted by atomic mass is 32.2. The molecule has 27 heavy (non-hydrogen) atoms. The van der Waals surface area contributed by atoms with Gasteiger partial charge in [-0.05, 0) is 31.5 Å². The topological polar surface area (TPSA) is 130 Å². The molecule has 0 radical (unpaired) electrons. The Hall–Kier alpha value is -3.21. The predicted octanol–water partition coefficient (Wildman–Crippen LogP) is 1.47. The Morgan fingerprint density at radius 3 is 2.78 bits per heavy atom. The zero-order chi connectivity index (χ0) is 19.4. The van der Waals surface area contributed by atoms with Gasteiger partial charge in [-0.15, -0.1) is 5.10 Å². The summed E-state index contributed by atoms with van der Waals surface area (Å²) in [6, 6.07) is 5.52. The van der Waals surface area contributed by atoms with Crippen molar-refractivity contribution >= 4 is 44.7 Å². The van der Waals surface area contributed by atoms with Crippen LogP contribution in [0.4, 0.5) is 23.1 Å². The van der Waals surface area contributed by atoms with Crippen LogP contribution in [-0.2, 0) is 20.2 Å². The van der Waals surface area contributed by atoms with Crippen LogP contribution >= 0.6 is 0 Å². The molecule has 0 bridgehead atoms. The maximum Gasteiger partial charge on any atom is 0.247 e. The first-order chi connectivity index (χ1) is 12.6. The molecule has 1 aliphatic heterocycles. The molecule has 3 aromatic rings. The lowest BCUT2D eigenvalue weighted by atomic mass is 9.86. The lowest BCUT2D eigenvalue weighted by Crippen LogP contribution is -2.26. The van der Waals surface area contributed by atoms with Gasteiger partial charge in [0.25, 0.3) is 0 Å². The molecule has 0 saturated carbocycles.